The number of nitrogens with zero attached hydrogens (tertiary/aromatic N) is 1. The van der Waals surface area contributed by atoms with E-state index in [9.17, 15) is 14.4 Å². The maximum atomic E-state index is 12.4. The van der Waals surface area contributed by atoms with Crippen molar-refractivity contribution in [2.45, 2.75) is 19.3 Å². The molecule has 1 fully saturated rings. The van der Waals surface area contributed by atoms with Crippen LogP contribution in [-0.2, 0) is 14.4 Å². The van der Waals surface area contributed by atoms with E-state index in [0.29, 0.717) is 35.1 Å². The number of allylic oxidation sites excluding steroid dienone is 2. The Bertz CT molecular complexity index is 782. The molecule has 8 heteroatoms. The molecule has 0 saturated carbocycles. The van der Waals surface area contributed by atoms with E-state index in [2.05, 4.69) is 5.32 Å². The highest BCUT2D eigenvalue weighted by atomic mass is 35.5. The Kier molecular flexibility index (Phi) is 5.70. The molecule has 144 valence electrons. The number of hydrogen-bond donors (Lipinski definition) is 1. The number of amides is 3. The summed E-state index contributed by atoms with van der Waals surface area (Å²) in [6.45, 7) is 0.0591. The third-order valence-electron chi connectivity index (χ3n) is 4.91. The number of carbonyl (C=O) groups is 3. The lowest BCUT2D eigenvalue weighted by atomic mass is 9.85. The fourth-order valence-electron chi connectivity index (χ4n) is 3.47. The van der Waals surface area contributed by atoms with Gasteiger partial charge in [0.15, 0.2) is 0 Å². The number of likely N-dealkylation sites (tertiary alicyclic amines) is 1. The van der Waals surface area contributed by atoms with Gasteiger partial charge in [0.2, 0.25) is 17.7 Å². The van der Waals surface area contributed by atoms with Crippen LogP contribution in [0.3, 0.4) is 0 Å². The highest BCUT2D eigenvalue weighted by molar-refractivity contribution is 6.32. The van der Waals surface area contributed by atoms with Crippen LogP contribution in [0.1, 0.15) is 19.3 Å². The van der Waals surface area contributed by atoms with Gasteiger partial charge in [-0.2, -0.15) is 0 Å². The maximum Gasteiger partial charge on any atom is 0.233 e. The summed E-state index contributed by atoms with van der Waals surface area (Å²) in [7, 11) is 2.93. The van der Waals surface area contributed by atoms with Gasteiger partial charge in [0.25, 0.3) is 0 Å². The summed E-state index contributed by atoms with van der Waals surface area (Å²) in [6, 6.07) is 3.10. The molecule has 2 aliphatic rings. The van der Waals surface area contributed by atoms with Crippen LogP contribution in [0.15, 0.2) is 24.3 Å². The largest absolute Gasteiger partial charge is 0.495 e. The number of ether oxygens (including phenoxy) is 2. The van der Waals surface area contributed by atoms with E-state index in [1.807, 2.05) is 12.2 Å². The number of anilines is 1. The molecule has 1 N–H and O–H groups in total. The van der Waals surface area contributed by atoms with Crippen LogP contribution < -0.4 is 14.8 Å². The van der Waals surface area contributed by atoms with Gasteiger partial charge >= 0.3 is 0 Å². The number of nitrogens with one attached hydrogen (secondary N) is 1. The van der Waals surface area contributed by atoms with Gasteiger partial charge in [0, 0.05) is 25.1 Å². The second-order valence-corrected chi connectivity index (χ2v) is 6.88. The number of rotatable bonds is 6. The van der Waals surface area contributed by atoms with Crippen LogP contribution in [0, 0.1) is 11.8 Å². The average Bonchev–Trinajstić information content (AvgIpc) is 2.92. The van der Waals surface area contributed by atoms with E-state index in [0.717, 1.165) is 0 Å². The first-order valence-electron chi connectivity index (χ1n) is 8.67. The van der Waals surface area contributed by atoms with Crippen molar-refractivity contribution in [2.75, 3.05) is 26.1 Å². The molecule has 1 aromatic carbocycles. The number of imide groups is 1. The molecule has 0 aromatic heterocycles. The van der Waals surface area contributed by atoms with Gasteiger partial charge in [0.1, 0.15) is 11.5 Å². The third kappa shape index (κ3) is 3.78. The molecule has 1 aromatic rings. The Morgan fingerprint density at radius 2 is 1.70 bits per heavy atom. The molecule has 0 bridgehead atoms. The van der Waals surface area contributed by atoms with Crippen LogP contribution in [0.4, 0.5) is 5.69 Å². The quantitative estimate of drug-likeness (QED) is 0.594. The second-order valence-electron chi connectivity index (χ2n) is 6.47. The minimum atomic E-state index is -0.341. The zero-order chi connectivity index (χ0) is 19.6. The van der Waals surface area contributed by atoms with Gasteiger partial charge in [-0.1, -0.05) is 23.8 Å². The van der Waals surface area contributed by atoms with E-state index >= 15 is 0 Å². The van der Waals surface area contributed by atoms with Crippen molar-refractivity contribution in [1.82, 2.24) is 4.90 Å². The standard InChI is InChI=1S/C19H21ClN2O5/c1-26-15-10-14(16(27-2)9-13(15)20)21-17(23)7-8-22-18(24)11-5-3-4-6-12(11)19(22)25/h3-4,9-12H,5-8H2,1-2H3,(H,21,23)/t11-,12+. The lowest BCUT2D eigenvalue weighted by Gasteiger charge is -2.16. The summed E-state index contributed by atoms with van der Waals surface area (Å²) >= 11 is 6.05. The highest BCUT2D eigenvalue weighted by Crippen LogP contribution is 2.37. The summed E-state index contributed by atoms with van der Waals surface area (Å²) in [5.41, 5.74) is 0.403. The molecule has 0 unspecified atom stereocenters. The number of halogens is 1. The Morgan fingerprint density at radius 3 is 2.26 bits per heavy atom. The molecule has 0 spiro atoms. The molecule has 0 radical (unpaired) electrons. The lowest BCUT2D eigenvalue weighted by molar-refractivity contribution is -0.140. The van der Waals surface area contributed by atoms with Gasteiger partial charge in [-0.3, -0.25) is 19.3 Å². The Hall–Kier alpha value is -2.54. The molecule has 1 heterocycles. The van der Waals surface area contributed by atoms with Gasteiger partial charge < -0.3 is 14.8 Å². The zero-order valence-corrected chi connectivity index (χ0v) is 15.9. The van der Waals surface area contributed by atoms with E-state index in [-0.39, 0.29) is 42.5 Å². The predicted molar refractivity (Wildman–Crippen MR) is 99.9 cm³/mol. The maximum absolute atomic E-state index is 12.4. The number of carbonyl (C=O) groups excluding carboxylic acids is 3. The Labute approximate surface area is 162 Å². The SMILES string of the molecule is COc1cc(NC(=O)CCN2C(=O)[C@H]3CC=CC[C@H]3C2=O)c(OC)cc1Cl. The van der Waals surface area contributed by atoms with Crippen molar-refractivity contribution < 1.29 is 23.9 Å². The molecule has 2 atom stereocenters. The topological polar surface area (TPSA) is 84.9 Å². The smallest absolute Gasteiger partial charge is 0.233 e. The fourth-order valence-corrected chi connectivity index (χ4v) is 3.70. The van der Waals surface area contributed by atoms with Gasteiger partial charge in [0.05, 0.1) is 36.8 Å². The third-order valence-corrected chi connectivity index (χ3v) is 5.20. The molecule has 1 aliphatic heterocycles. The van der Waals surface area contributed by atoms with E-state index in [4.69, 9.17) is 21.1 Å². The minimum absolute atomic E-state index is 0.00154. The van der Waals surface area contributed by atoms with Gasteiger partial charge in [-0.25, -0.2) is 0 Å². The van der Waals surface area contributed by atoms with Crippen molar-refractivity contribution in [1.29, 1.82) is 0 Å². The molecular formula is C19H21ClN2O5. The molecule has 1 aliphatic carbocycles. The molecule has 7 nitrogen and oxygen atoms in total. The molecule has 3 rings (SSSR count). The van der Waals surface area contributed by atoms with Crippen LogP contribution in [-0.4, -0.2) is 43.4 Å². The lowest BCUT2D eigenvalue weighted by Crippen LogP contribution is -2.34. The Balaban J connectivity index is 1.64. The van der Waals surface area contributed by atoms with E-state index < -0.39 is 0 Å². The summed E-state index contributed by atoms with van der Waals surface area (Å²) in [4.78, 5) is 38.4. The van der Waals surface area contributed by atoms with Crippen molar-refractivity contribution in [2.24, 2.45) is 11.8 Å². The van der Waals surface area contributed by atoms with Gasteiger partial charge in [-0.15, -0.1) is 0 Å². The van der Waals surface area contributed by atoms with E-state index in [1.54, 1.807) is 12.1 Å². The molecule has 3 amide bonds. The monoisotopic (exact) mass is 392 g/mol. The number of benzene rings is 1. The highest BCUT2D eigenvalue weighted by Gasteiger charge is 2.46. The second kappa shape index (κ2) is 8.00. The summed E-state index contributed by atoms with van der Waals surface area (Å²) in [5.74, 6) is -0.502. The zero-order valence-electron chi connectivity index (χ0n) is 15.2. The van der Waals surface area contributed by atoms with Crippen molar-refractivity contribution in [3.63, 3.8) is 0 Å². The van der Waals surface area contributed by atoms with Crippen molar-refractivity contribution in [3.05, 3.63) is 29.3 Å². The number of hydrogen-bond acceptors (Lipinski definition) is 5. The first kappa shape index (κ1) is 19.2. The van der Waals surface area contributed by atoms with Gasteiger partial charge in [-0.05, 0) is 12.8 Å². The predicted octanol–water partition coefficient (Wildman–Crippen LogP) is 2.64. The average molecular weight is 393 g/mol. The summed E-state index contributed by atoms with van der Waals surface area (Å²) < 4.78 is 10.4. The van der Waals surface area contributed by atoms with E-state index in [1.165, 1.54) is 19.1 Å². The van der Waals surface area contributed by atoms with Crippen molar-refractivity contribution >= 4 is 35.0 Å². The molecule has 1 saturated heterocycles. The first-order valence-corrected chi connectivity index (χ1v) is 9.05. The summed E-state index contributed by atoms with van der Waals surface area (Å²) in [5, 5.41) is 3.07. The number of methoxy groups -OCH3 is 2. The molecular weight excluding hydrogens is 372 g/mol. The van der Waals surface area contributed by atoms with Crippen molar-refractivity contribution in [3.8, 4) is 11.5 Å². The normalized spacial score (nSPS) is 21.2. The molecule has 27 heavy (non-hydrogen) atoms. The van der Waals surface area contributed by atoms with Crippen LogP contribution >= 0.6 is 11.6 Å². The minimum Gasteiger partial charge on any atom is -0.495 e. The van der Waals surface area contributed by atoms with Crippen LogP contribution in [0.5, 0.6) is 11.5 Å². The fraction of sp³-hybridized carbons (Fsp3) is 0.421. The summed E-state index contributed by atoms with van der Waals surface area (Å²) in [6.07, 6.45) is 5.03. The van der Waals surface area contributed by atoms with Crippen LogP contribution in [0.25, 0.3) is 0 Å². The number of fused-ring (bicyclic) bond motifs is 1. The van der Waals surface area contributed by atoms with Crippen LogP contribution in [0.2, 0.25) is 5.02 Å². The first-order chi connectivity index (χ1) is 13.0. The Morgan fingerprint density at radius 1 is 1.11 bits per heavy atom.